The van der Waals surface area contributed by atoms with Gasteiger partial charge in [0.15, 0.2) is 11.9 Å². The molecule has 21 heteroatoms. The monoisotopic (exact) mass is 829 g/mol. The Bertz CT molecular complexity index is 1740. The number of unbranched alkanes of at least 4 members (excludes halogenated alkanes) is 1. The molecule has 0 aliphatic carbocycles. The summed E-state index contributed by atoms with van der Waals surface area (Å²) in [7, 11) is 0. The van der Waals surface area contributed by atoms with E-state index in [-0.39, 0.29) is 69.5 Å². The highest BCUT2D eigenvalue weighted by Gasteiger charge is 2.33. The Morgan fingerprint density at radius 1 is 0.729 bits per heavy atom. The van der Waals surface area contributed by atoms with Gasteiger partial charge in [-0.2, -0.15) is 0 Å². The van der Waals surface area contributed by atoms with Gasteiger partial charge in [0.1, 0.15) is 30.2 Å². The lowest BCUT2D eigenvalue weighted by atomic mass is 9.97. The smallest absolute Gasteiger partial charge is 0.326 e. The topological polar surface area (TPSA) is 374 Å². The second-order valence-corrected chi connectivity index (χ2v) is 14.5. The third-order valence-corrected chi connectivity index (χ3v) is 9.79. The highest BCUT2D eigenvalue weighted by atomic mass is 16.4. The first kappa shape index (κ1) is 49.2. The van der Waals surface area contributed by atoms with Crippen molar-refractivity contribution >= 4 is 58.3 Å². The normalized spacial score (nSPS) is 14.6. The molecule has 0 aliphatic heterocycles. The second kappa shape index (κ2) is 25.4. The van der Waals surface area contributed by atoms with Crippen LogP contribution in [0.1, 0.15) is 77.7 Å². The van der Waals surface area contributed by atoms with Crippen molar-refractivity contribution in [3.63, 3.8) is 0 Å². The molecule has 0 bridgehead atoms. The SMILES string of the molecule is CC[C@H](C)[C@H](NC(=O)[C@@H](N)Cc1c[nH]c2ccccc12)C(=O)N[C@@H](C)C(=O)N[C@@H](CCCNC(=N)N)C(=O)N[C@@H](CCCCN)C(=O)N[C@@H](CCCNC(=N)N)C(=O)O. The van der Waals surface area contributed by atoms with Crippen LogP contribution in [0, 0.1) is 16.7 Å². The van der Waals surface area contributed by atoms with Crippen molar-refractivity contribution in [2.45, 2.75) is 115 Å². The number of aliphatic carboxylic acids is 1. The zero-order valence-electron chi connectivity index (χ0n) is 34.1. The predicted molar refractivity (Wildman–Crippen MR) is 224 cm³/mol. The summed E-state index contributed by atoms with van der Waals surface area (Å²) in [4.78, 5) is 82.8. The van der Waals surface area contributed by atoms with Crippen molar-refractivity contribution in [3.8, 4) is 0 Å². The number of para-hydroxylation sites is 1. The summed E-state index contributed by atoms with van der Waals surface area (Å²) < 4.78 is 0. The number of H-pyrrole nitrogens is 1. The molecule has 1 aromatic carbocycles. The van der Waals surface area contributed by atoms with Gasteiger partial charge in [0.25, 0.3) is 0 Å². The average molecular weight is 829 g/mol. The number of hydrogen-bond acceptors (Lipinski definition) is 10. The van der Waals surface area contributed by atoms with E-state index in [9.17, 15) is 33.9 Å². The van der Waals surface area contributed by atoms with Gasteiger partial charge >= 0.3 is 5.97 Å². The molecular formula is C38H64N14O7. The maximum absolute atomic E-state index is 13.8. The van der Waals surface area contributed by atoms with Crippen molar-refractivity contribution in [2.75, 3.05) is 19.6 Å². The molecule has 19 N–H and O–H groups in total. The molecule has 1 heterocycles. The van der Waals surface area contributed by atoms with E-state index in [1.165, 1.54) is 6.92 Å². The van der Waals surface area contributed by atoms with Crippen LogP contribution in [0.15, 0.2) is 30.5 Å². The number of nitrogens with two attached hydrogens (primary N) is 4. The Morgan fingerprint density at radius 3 is 1.83 bits per heavy atom. The Kier molecular flexibility index (Phi) is 21.2. The molecule has 21 nitrogen and oxygen atoms in total. The number of carboxylic acid groups (broad SMARTS) is 1. The number of carbonyl (C=O) groups excluding carboxylic acids is 5. The van der Waals surface area contributed by atoms with Crippen LogP contribution in [0.2, 0.25) is 0 Å². The highest BCUT2D eigenvalue weighted by molar-refractivity contribution is 5.96. The molecule has 2 aromatic rings. The summed E-state index contributed by atoms with van der Waals surface area (Å²) in [6.45, 7) is 5.74. The van der Waals surface area contributed by atoms with Gasteiger partial charge in [-0.05, 0) is 82.4 Å². The van der Waals surface area contributed by atoms with Crippen LogP contribution in [0.4, 0.5) is 0 Å². The summed E-state index contributed by atoms with van der Waals surface area (Å²) in [5.41, 5.74) is 24.4. The molecule has 2 rings (SSSR count). The Hall–Kier alpha value is -5.96. The summed E-state index contributed by atoms with van der Waals surface area (Å²) >= 11 is 0. The lowest BCUT2D eigenvalue weighted by Crippen LogP contribution is -2.59. The predicted octanol–water partition coefficient (Wildman–Crippen LogP) is -1.73. The van der Waals surface area contributed by atoms with E-state index in [0.717, 1.165) is 16.5 Å². The molecule has 328 valence electrons. The molecule has 0 saturated heterocycles. The minimum absolute atomic E-state index is 0.00957. The van der Waals surface area contributed by atoms with Gasteiger partial charge in [0.2, 0.25) is 29.5 Å². The lowest BCUT2D eigenvalue weighted by Gasteiger charge is -2.28. The molecule has 0 fully saturated rings. The number of hydrogen-bond donors (Lipinski definition) is 15. The van der Waals surface area contributed by atoms with Gasteiger partial charge < -0.3 is 70.2 Å². The molecular weight excluding hydrogens is 765 g/mol. The van der Waals surface area contributed by atoms with Gasteiger partial charge in [-0.1, -0.05) is 38.5 Å². The Balaban J connectivity index is 2.18. The van der Waals surface area contributed by atoms with E-state index in [1.807, 2.05) is 31.2 Å². The number of nitrogens with one attached hydrogen (secondary N) is 10. The zero-order chi connectivity index (χ0) is 44.1. The van der Waals surface area contributed by atoms with Gasteiger partial charge in [-0.3, -0.25) is 34.8 Å². The molecule has 0 unspecified atom stereocenters. The van der Waals surface area contributed by atoms with E-state index in [1.54, 1.807) is 13.1 Å². The maximum Gasteiger partial charge on any atom is 0.326 e. The van der Waals surface area contributed by atoms with Crippen molar-refractivity contribution in [1.82, 2.24) is 42.2 Å². The molecule has 5 amide bonds. The molecule has 0 spiro atoms. The van der Waals surface area contributed by atoms with E-state index < -0.39 is 71.8 Å². The Morgan fingerprint density at radius 2 is 1.27 bits per heavy atom. The van der Waals surface area contributed by atoms with Crippen LogP contribution >= 0.6 is 0 Å². The fraction of sp³-hybridized carbons (Fsp3) is 0.579. The fourth-order valence-corrected chi connectivity index (χ4v) is 6.15. The minimum Gasteiger partial charge on any atom is -0.480 e. The molecule has 7 atom stereocenters. The number of aromatic amines is 1. The quantitative estimate of drug-likeness (QED) is 0.0271. The maximum atomic E-state index is 13.8. The number of amides is 5. The first-order valence-electron chi connectivity index (χ1n) is 19.9. The first-order chi connectivity index (χ1) is 28.0. The molecule has 0 saturated carbocycles. The molecule has 0 aliphatic rings. The number of guanidine groups is 2. The number of aromatic nitrogens is 1. The third-order valence-electron chi connectivity index (χ3n) is 9.79. The van der Waals surface area contributed by atoms with Gasteiger partial charge in [-0.25, -0.2) is 4.79 Å². The summed E-state index contributed by atoms with van der Waals surface area (Å²) in [5, 5.41) is 43.7. The summed E-state index contributed by atoms with van der Waals surface area (Å²) in [6, 6.07) is 0.665. The number of fused-ring (bicyclic) bond motifs is 1. The standard InChI is InChI=1S/C38H64N14O7/c1-4-21(2)30(52-32(54)25(40)19-23-20-47-26-12-6-5-11-24(23)26)35(57)48-22(3)31(53)49-28(14-9-17-45-37(41)42)33(55)50-27(13-7-8-16-39)34(56)51-29(36(58)59)15-10-18-46-38(43)44/h5-6,11-12,20-22,25,27-30,47H,4,7-10,13-19,39-40H2,1-3H3,(H,48,57)(H,49,53)(H,50,55)(H,51,56)(H,52,54)(H,58,59)(H4,41,42,45)(H4,43,44,46)/t21-,22-,25-,27-,28-,29-,30-/m0/s1. The molecule has 0 radical (unpaired) electrons. The van der Waals surface area contributed by atoms with Crippen LogP contribution in [-0.4, -0.2) is 113 Å². The molecule has 59 heavy (non-hydrogen) atoms. The average Bonchev–Trinajstić information content (AvgIpc) is 3.60. The minimum atomic E-state index is -1.30. The van der Waals surface area contributed by atoms with Gasteiger partial charge in [0.05, 0.1) is 6.04 Å². The first-order valence-corrected chi connectivity index (χ1v) is 19.9. The summed E-state index contributed by atoms with van der Waals surface area (Å²) in [5.74, 6) is -5.65. The van der Waals surface area contributed by atoms with Gasteiger partial charge in [-0.15, -0.1) is 0 Å². The van der Waals surface area contributed by atoms with Crippen molar-refractivity contribution in [3.05, 3.63) is 36.0 Å². The molecule has 1 aromatic heterocycles. The second-order valence-electron chi connectivity index (χ2n) is 14.5. The van der Waals surface area contributed by atoms with E-state index >= 15 is 0 Å². The number of benzene rings is 1. The highest BCUT2D eigenvalue weighted by Crippen LogP contribution is 2.19. The zero-order valence-corrected chi connectivity index (χ0v) is 34.1. The van der Waals surface area contributed by atoms with Crippen LogP contribution in [0.25, 0.3) is 10.9 Å². The van der Waals surface area contributed by atoms with Crippen LogP contribution < -0.4 is 60.2 Å². The van der Waals surface area contributed by atoms with Crippen LogP contribution in [-0.2, 0) is 35.2 Å². The number of rotatable bonds is 27. The largest absolute Gasteiger partial charge is 0.480 e. The van der Waals surface area contributed by atoms with Crippen LogP contribution in [0.3, 0.4) is 0 Å². The summed E-state index contributed by atoms with van der Waals surface area (Å²) in [6.07, 6.45) is 4.10. The van der Waals surface area contributed by atoms with Crippen LogP contribution in [0.5, 0.6) is 0 Å². The third kappa shape index (κ3) is 17.2. The van der Waals surface area contributed by atoms with E-state index in [2.05, 4.69) is 42.2 Å². The van der Waals surface area contributed by atoms with Crippen molar-refractivity contribution in [1.29, 1.82) is 10.8 Å². The fourth-order valence-electron chi connectivity index (χ4n) is 6.15. The lowest BCUT2D eigenvalue weighted by molar-refractivity contribution is -0.142. The van der Waals surface area contributed by atoms with Crippen molar-refractivity contribution < 1.29 is 33.9 Å². The number of carboxylic acids is 1. The number of carbonyl (C=O) groups is 6. The van der Waals surface area contributed by atoms with E-state index in [0.29, 0.717) is 25.8 Å². The van der Waals surface area contributed by atoms with Gasteiger partial charge in [0, 0.05) is 30.2 Å². The Labute approximate surface area is 344 Å². The van der Waals surface area contributed by atoms with Crippen molar-refractivity contribution in [2.24, 2.45) is 28.9 Å². The van der Waals surface area contributed by atoms with E-state index in [4.69, 9.17) is 33.8 Å².